The van der Waals surface area contributed by atoms with Gasteiger partial charge >= 0.3 is 0 Å². The van der Waals surface area contributed by atoms with Gasteiger partial charge in [0.25, 0.3) is 0 Å². The number of piperazine rings is 1. The Hall–Kier alpha value is -1.59. The average molecular weight is 348 g/mol. The number of aliphatic hydroxyl groups excluding tert-OH is 1. The van der Waals surface area contributed by atoms with Crippen LogP contribution in [0, 0.1) is 5.41 Å². The van der Waals surface area contributed by atoms with Gasteiger partial charge in [-0.2, -0.15) is 0 Å². The number of methoxy groups -OCH3 is 1. The van der Waals surface area contributed by atoms with E-state index in [1.165, 1.54) is 0 Å². The predicted octanol–water partition coefficient (Wildman–Crippen LogP) is 2.18. The molecule has 0 spiro atoms. The topological polar surface area (TPSA) is 53.0 Å². The van der Waals surface area contributed by atoms with E-state index < -0.39 is 0 Å². The normalized spacial score (nSPS) is 17.4. The molecule has 0 radical (unpaired) electrons. The van der Waals surface area contributed by atoms with Gasteiger partial charge in [0.1, 0.15) is 5.75 Å². The van der Waals surface area contributed by atoms with Crippen molar-refractivity contribution >= 4 is 5.91 Å². The van der Waals surface area contributed by atoms with Crippen LogP contribution >= 0.6 is 0 Å². The van der Waals surface area contributed by atoms with E-state index in [-0.39, 0.29) is 17.4 Å². The Balaban J connectivity index is 1.73. The van der Waals surface area contributed by atoms with Crippen LogP contribution in [0.25, 0.3) is 0 Å². The van der Waals surface area contributed by atoms with Crippen LogP contribution < -0.4 is 4.74 Å². The van der Waals surface area contributed by atoms with Gasteiger partial charge in [-0.15, -0.1) is 0 Å². The zero-order chi connectivity index (χ0) is 18.4. The van der Waals surface area contributed by atoms with Gasteiger partial charge in [0.2, 0.25) is 5.91 Å². The smallest absolute Gasteiger partial charge is 0.222 e. The van der Waals surface area contributed by atoms with Crippen molar-refractivity contribution in [1.29, 1.82) is 0 Å². The fraction of sp³-hybridized carbons (Fsp3) is 0.650. The summed E-state index contributed by atoms with van der Waals surface area (Å²) < 4.78 is 5.15. The third-order valence-electron chi connectivity index (χ3n) is 4.94. The highest BCUT2D eigenvalue weighted by Gasteiger charge is 2.27. The highest BCUT2D eigenvalue weighted by molar-refractivity contribution is 5.76. The SMILES string of the molecule is COc1ccc(CCC(=O)N2CCN(C[C@@H](O)C(C)(C)C)CC2)cc1. The minimum absolute atomic E-state index is 0.106. The third-order valence-corrected chi connectivity index (χ3v) is 4.94. The fourth-order valence-corrected chi connectivity index (χ4v) is 2.90. The van der Waals surface area contributed by atoms with Crippen LogP contribution in [0.5, 0.6) is 5.75 Å². The lowest BCUT2D eigenvalue weighted by atomic mass is 9.89. The molecule has 1 fully saturated rings. The lowest BCUT2D eigenvalue weighted by Crippen LogP contribution is -2.51. The number of aryl methyl sites for hydroxylation is 1. The van der Waals surface area contributed by atoms with E-state index in [2.05, 4.69) is 25.7 Å². The van der Waals surface area contributed by atoms with Crippen molar-refractivity contribution in [3.8, 4) is 5.75 Å². The van der Waals surface area contributed by atoms with Crippen LogP contribution in [0.2, 0.25) is 0 Å². The van der Waals surface area contributed by atoms with Crippen LogP contribution in [0.15, 0.2) is 24.3 Å². The highest BCUT2D eigenvalue weighted by atomic mass is 16.5. The standard InChI is InChI=1S/C20H32N2O3/c1-20(2,3)18(23)15-21-11-13-22(14-12-21)19(24)10-7-16-5-8-17(25-4)9-6-16/h5-6,8-9,18,23H,7,10-15H2,1-4H3/t18-/m1/s1. The second-order valence-electron chi connectivity index (χ2n) is 7.91. The largest absolute Gasteiger partial charge is 0.497 e. The van der Waals surface area contributed by atoms with E-state index in [1.54, 1.807) is 7.11 Å². The first kappa shape index (κ1) is 19.7. The van der Waals surface area contributed by atoms with Crippen molar-refractivity contribution in [2.75, 3.05) is 39.8 Å². The number of aliphatic hydroxyl groups is 1. The van der Waals surface area contributed by atoms with E-state index in [0.29, 0.717) is 13.0 Å². The van der Waals surface area contributed by atoms with Crippen molar-refractivity contribution in [1.82, 2.24) is 9.80 Å². The number of carbonyl (C=O) groups excluding carboxylic acids is 1. The zero-order valence-corrected chi connectivity index (χ0v) is 16.0. The number of amides is 1. The van der Waals surface area contributed by atoms with Gasteiger partial charge < -0.3 is 14.7 Å². The summed E-state index contributed by atoms with van der Waals surface area (Å²) in [5.74, 6) is 1.05. The Kier molecular flexibility index (Phi) is 6.85. The number of rotatable bonds is 6. The lowest BCUT2D eigenvalue weighted by Gasteiger charge is -2.38. The van der Waals surface area contributed by atoms with Crippen LogP contribution in [-0.4, -0.2) is 66.8 Å². The molecule has 2 rings (SSSR count). The van der Waals surface area contributed by atoms with E-state index in [4.69, 9.17) is 4.74 Å². The van der Waals surface area contributed by atoms with Gasteiger partial charge in [-0.1, -0.05) is 32.9 Å². The molecule has 0 aromatic heterocycles. The van der Waals surface area contributed by atoms with Gasteiger partial charge in [0.05, 0.1) is 13.2 Å². The summed E-state index contributed by atoms with van der Waals surface area (Å²) >= 11 is 0. The molecule has 0 unspecified atom stereocenters. The maximum atomic E-state index is 12.4. The molecule has 1 atom stereocenters. The molecule has 1 N–H and O–H groups in total. The minimum Gasteiger partial charge on any atom is -0.497 e. The van der Waals surface area contributed by atoms with E-state index >= 15 is 0 Å². The molecule has 0 aliphatic carbocycles. The molecule has 140 valence electrons. The maximum Gasteiger partial charge on any atom is 0.222 e. The number of benzene rings is 1. The van der Waals surface area contributed by atoms with Crippen molar-refractivity contribution in [3.05, 3.63) is 29.8 Å². The van der Waals surface area contributed by atoms with Crippen LogP contribution in [0.3, 0.4) is 0 Å². The summed E-state index contributed by atoms with van der Waals surface area (Å²) in [7, 11) is 1.65. The second-order valence-corrected chi connectivity index (χ2v) is 7.91. The van der Waals surface area contributed by atoms with Crippen LogP contribution in [0.1, 0.15) is 32.8 Å². The Morgan fingerprint density at radius 1 is 1.16 bits per heavy atom. The lowest BCUT2D eigenvalue weighted by molar-refractivity contribution is -0.133. The van der Waals surface area contributed by atoms with Gasteiger partial charge in [0.15, 0.2) is 0 Å². The predicted molar refractivity (Wildman–Crippen MR) is 99.8 cm³/mol. The highest BCUT2D eigenvalue weighted by Crippen LogP contribution is 2.20. The quantitative estimate of drug-likeness (QED) is 0.856. The molecular formula is C20H32N2O3. The Morgan fingerprint density at radius 2 is 1.76 bits per heavy atom. The number of hydrogen-bond donors (Lipinski definition) is 1. The van der Waals surface area contributed by atoms with Gasteiger partial charge in [-0.05, 0) is 29.5 Å². The minimum atomic E-state index is -0.343. The molecule has 1 aromatic carbocycles. The summed E-state index contributed by atoms with van der Waals surface area (Å²) in [5.41, 5.74) is 1.05. The molecule has 1 heterocycles. The number of carbonyl (C=O) groups is 1. The fourth-order valence-electron chi connectivity index (χ4n) is 2.90. The van der Waals surface area contributed by atoms with E-state index in [0.717, 1.165) is 43.9 Å². The second kappa shape index (κ2) is 8.68. The molecular weight excluding hydrogens is 316 g/mol. The van der Waals surface area contributed by atoms with Crippen LogP contribution in [-0.2, 0) is 11.2 Å². The summed E-state index contributed by atoms with van der Waals surface area (Å²) in [6, 6.07) is 7.88. The Labute approximate surface area is 151 Å². The summed E-state index contributed by atoms with van der Waals surface area (Å²) in [5, 5.41) is 10.2. The molecule has 1 saturated heterocycles. The molecule has 0 saturated carbocycles. The van der Waals surface area contributed by atoms with Gasteiger partial charge in [-0.3, -0.25) is 9.69 Å². The zero-order valence-electron chi connectivity index (χ0n) is 16.0. The van der Waals surface area contributed by atoms with Gasteiger partial charge in [0, 0.05) is 39.1 Å². The first-order valence-electron chi connectivity index (χ1n) is 9.10. The number of ether oxygens (including phenoxy) is 1. The molecule has 1 aliphatic rings. The molecule has 25 heavy (non-hydrogen) atoms. The van der Waals surface area contributed by atoms with Crippen molar-refractivity contribution in [2.24, 2.45) is 5.41 Å². The molecule has 0 bridgehead atoms. The van der Waals surface area contributed by atoms with Crippen molar-refractivity contribution < 1.29 is 14.6 Å². The average Bonchev–Trinajstić information content (AvgIpc) is 2.60. The monoisotopic (exact) mass is 348 g/mol. The van der Waals surface area contributed by atoms with Crippen LogP contribution in [0.4, 0.5) is 0 Å². The first-order chi connectivity index (χ1) is 11.8. The first-order valence-corrected chi connectivity index (χ1v) is 9.10. The summed E-state index contributed by atoms with van der Waals surface area (Å²) in [4.78, 5) is 16.6. The molecule has 5 heteroatoms. The Bertz CT molecular complexity index is 543. The summed E-state index contributed by atoms with van der Waals surface area (Å²) in [6.07, 6.45) is 0.952. The number of hydrogen-bond acceptors (Lipinski definition) is 4. The number of nitrogens with zero attached hydrogens (tertiary/aromatic N) is 2. The Morgan fingerprint density at radius 3 is 2.28 bits per heavy atom. The summed E-state index contributed by atoms with van der Waals surface area (Å²) in [6.45, 7) is 10.0. The molecule has 1 aliphatic heterocycles. The maximum absolute atomic E-state index is 12.4. The van der Waals surface area contributed by atoms with Gasteiger partial charge in [-0.25, -0.2) is 0 Å². The number of β-amino-alcohol motifs (C(OH)–C–C–N with tert-alkyl or cyclic N) is 1. The van der Waals surface area contributed by atoms with Crippen molar-refractivity contribution in [3.63, 3.8) is 0 Å². The van der Waals surface area contributed by atoms with Crippen molar-refractivity contribution in [2.45, 2.75) is 39.7 Å². The van der Waals surface area contributed by atoms with E-state index in [9.17, 15) is 9.90 Å². The van der Waals surface area contributed by atoms with E-state index in [1.807, 2.05) is 29.2 Å². The molecule has 5 nitrogen and oxygen atoms in total. The molecule has 1 aromatic rings. The molecule has 1 amide bonds. The third kappa shape index (κ3) is 6.01.